The molecule has 2 aromatic rings. The topological polar surface area (TPSA) is 55.6 Å². The normalized spacial score (nSPS) is 24.7. The Labute approximate surface area is 135 Å². The number of carbonyl (C=O) groups is 1. The van der Waals surface area contributed by atoms with Crippen molar-refractivity contribution in [3.63, 3.8) is 0 Å². The summed E-state index contributed by atoms with van der Waals surface area (Å²) < 4.78 is 11.3. The van der Waals surface area contributed by atoms with Crippen molar-refractivity contribution < 1.29 is 14.1 Å². The summed E-state index contributed by atoms with van der Waals surface area (Å²) in [5.74, 6) is 1.16. The Balaban J connectivity index is 1.57. The van der Waals surface area contributed by atoms with Crippen molar-refractivity contribution in [2.75, 3.05) is 13.1 Å². The number of hydrogen-bond acceptors (Lipinski definition) is 4. The van der Waals surface area contributed by atoms with Crippen molar-refractivity contribution in [1.82, 2.24) is 10.1 Å². The minimum absolute atomic E-state index is 0.0725. The molecule has 2 heterocycles. The summed E-state index contributed by atoms with van der Waals surface area (Å²) in [5.41, 5.74) is 1.50. The highest BCUT2D eigenvalue weighted by Gasteiger charge is 2.40. The van der Waals surface area contributed by atoms with Crippen LogP contribution in [0, 0.1) is 12.8 Å². The summed E-state index contributed by atoms with van der Waals surface area (Å²) in [7, 11) is 0. The third kappa shape index (κ3) is 3.01. The molecule has 2 atom stereocenters. The lowest BCUT2D eigenvalue weighted by Gasteiger charge is -2.38. The zero-order valence-corrected chi connectivity index (χ0v) is 13.1. The fraction of sp³-hybridized carbons (Fsp3) is 0.444. The van der Waals surface area contributed by atoms with Crippen LogP contribution in [0.1, 0.15) is 40.8 Å². The Bertz CT molecular complexity index is 693. The molecule has 2 fully saturated rings. The number of benzene rings is 1. The molecule has 0 radical (unpaired) electrons. The van der Waals surface area contributed by atoms with E-state index < -0.39 is 0 Å². The Kier molecular flexibility index (Phi) is 3.65. The van der Waals surface area contributed by atoms with E-state index in [1.165, 1.54) is 12.8 Å². The molecule has 0 bridgehead atoms. The molecule has 5 heteroatoms. The zero-order valence-electron chi connectivity index (χ0n) is 13.1. The minimum Gasteiger partial charge on any atom is -0.366 e. The smallest absolute Gasteiger partial charge is 0.276 e. The molecule has 1 aromatic carbocycles. The Morgan fingerprint density at radius 3 is 2.65 bits per heavy atom. The Morgan fingerprint density at radius 1 is 1.22 bits per heavy atom. The van der Waals surface area contributed by atoms with Crippen LogP contribution in [0.5, 0.6) is 0 Å². The SMILES string of the molecule is Cc1cc(C(=O)N2C[C@@H](c3ccccc3)O[C@@H](C3CC3)C2)no1. The second-order valence-electron chi connectivity index (χ2n) is 6.44. The monoisotopic (exact) mass is 312 g/mol. The van der Waals surface area contributed by atoms with Crippen LogP contribution in [0.2, 0.25) is 0 Å². The molecule has 1 saturated heterocycles. The molecule has 1 aromatic heterocycles. The van der Waals surface area contributed by atoms with Gasteiger partial charge in [0.2, 0.25) is 0 Å². The molecule has 4 rings (SSSR count). The molecular weight excluding hydrogens is 292 g/mol. The number of rotatable bonds is 3. The van der Waals surface area contributed by atoms with E-state index in [1.54, 1.807) is 13.0 Å². The maximum atomic E-state index is 12.7. The highest BCUT2D eigenvalue weighted by molar-refractivity contribution is 5.92. The zero-order chi connectivity index (χ0) is 15.8. The van der Waals surface area contributed by atoms with Crippen LogP contribution in [0.15, 0.2) is 40.9 Å². The Hall–Kier alpha value is -2.14. The van der Waals surface area contributed by atoms with Crippen LogP contribution in [-0.4, -0.2) is 35.2 Å². The van der Waals surface area contributed by atoms with Crippen LogP contribution < -0.4 is 0 Å². The number of aryl methyl sites for hydroxylation is 1. The first-order chi connectivity index (χ1) is 11.2. The minimum atomic E-state index is -0.0764. The van der Waals surface area contributed by atoms with Gasteiger partial charge in [-0.2, -0.15) is 0 Å². The highest BCUT2D eigenvalue weighted by atomic mass is 16.5. The number of amides is 1. The predicted octanol–water partition coefficient (Wildman–Crippen LogP) is 2.98. The summed E-state index contributed by atoms with van der Waals surface area (Å²) >= 11 is 0. The average Bonchev–Trinajstić information content (AvgIpc) is 3.36. The van der Waals surface area contributed by atoms with E-state index >= 15 is 0 Å². The van der Waals surface area contributed by atoms with Gasteiger partial charge in [-0.1, -0.05) is 35.5 Å². The number of nitrogens with zero attached hydrogens (tertiary/aromatic N) is 2. The van der Waals surface area contributed by atoms with Gasteiger partial charge in [0, 0.05) is 12.6 Å². The maximum Gasteiger partial charge on any atom is 0.276 e. The van der Waals surface area contributed by atoms with E-state index in [9.17, 15) is 4.79 Å². The molecule has 1 aliphatic heterocycles. The lowest BCUT2D eigenvalue weighted by atomic mass is 10.0. The van der Waals surface area contributed by atoms with Crippen LogP contribution in [0.4, 0.5) is 0 Å². The molecule has 0 unspecified atom stereocenters. The van der Waals surface area contributed by atoms with Gasteiger partial charge >= 0.3 is 0 Å². The van der Waals surface area contributed by atoms with Gasteiger partial charge < -0.3 is 14.2 Å². The second kappa shape index (κ2) is 5.81. The van der Waals surface area contributed by atoms with E-state index in [1.807, 2.05) is 23.1 Å². The van der Waals surface area contributed by atoms with Gasteiger partial charge in [0.05, 0.1) is 12.6 Å². The van der Waals surface area contributed by atoms with Gasteiger partial charge in [-0.3, -0.25) is 4.79 Å². The number of aromatic nitrogens is 1. The predicted molar refractivity (Wildman–Crippen MR) is 83.9 cm³/mol. The lowest BCUT2D eigenvalue weighted by molar-refractivity contribution is -0.0865. The van der Waals surface area contributed by atoms with Gasteiger partial charge in [0.15, 0.2) is 5.69 Å². The molecule has 1 amide bonds. The van der Waals surface area contributed by atoms with Gasteiger partial charge in [0.1, 0.15) is 11.9 Å². The molecule has 2 aliphatic rings. The number of morpholine rings is 1. The van der Waals surface area contributed by atoms with Crippen molar-refractivity contribution in [2.45, 2.75) is 32.0 Å². The first-order valence-corrected chi connectivity index (χ1v) is 8.13. The summed E-state index contributed by atoms with van der Waals surface area (Å²) in [6.07, 6.45) is 2.42. The summed E-state index contributed by atoms with van der Waals surface area (Å²) in [6, 6.07) is 11.8. The van der Waals surface area contributed by atoms with Gasteiger partial charge in [-0.25, -0.2) is 0 Å². The highest BCUT2D eigenvalue weighted by Crippen LogP contribution is 2.39. The molecule has 23 heavy (non-hydrogen) atoms. The van der Waals surface area contributed by atoms with Crippen LogP contribution in [0.25, 0.3) is 0 Å². The Morgan fingerprint density at radius 2 is 2.00 bits per heavy atom. The van der Waals surface area contributed by atoms with Crippen molar-refractivity contribution in [1.29, 1.82) is 0 Å². The van der Waals surface area contributed by atoms with Crippen LogP contribution in [0.3, 0.4) is 0 Å². The summed E-state index contributed by atoms with van der Waals surface area (Å²) in [5, 5.41) is 3.87. The average molecular weight is 312 g/mol. The number of carbonyl (C=O) groups excluding carboxylic acids is 1. The first kappa shape index (κ1) is 14.5. The summed E-state index contributed by atoms with van der Waals surface area (Å²) in [4.78, 5) is 14.6. The van der Waals surface area contributed by atoms with E-state index in [0.29, 0.717) is 30.5 Å². The fourth-order valence-electron chi connectivity index (χ4n) is 3.16. The number of ether oxygens (including phenoxy) is 1. The molecule has 120 valence electrons. The van der Waals surface area contributed by atoms with Crippen molar-refractivity contribution in [3.8, 4) is 0 Å². The maximum absolute atomic E-state index is 12.7. The molecule has 0 N–H and O–H groups in total. The molecule has 1 aliphatic carbocycles. The molecule has 5 nitrogen and oxygen atoms in total. The third-order valence-electron chi connectivity index (χ3n) is 4.58. The van der Waals surface area contributed by atoms with Crippen LogP contribution in [-0.2, 0) is 4.74 Å². The number of hydrogen-bond donors (Lipinski definition) is 0. The third-order valence-corrected chi connectivity index (χ3v) is 4.58. The largest absolute Gasteiger partial charge is 0.366 e. The lowest BCUT2D eigenvalue weighted by Crippen LogP contribution is -2.47. The quantitative estimate of drug-likeness (QED) is 0.874. The fourth-order valence-corrected chi connectivity index (χ4v) is 3.16. The standard InChI is InChI=1S/C18H20N2O3/c1-12-9-15(19-23-12)18(21)20-10-16(13-5-3-2-4-6-13)22-17(11-20)14-7-8-14/h2-6,9,14,16-17H,7-8,10-11H2,1H3/t16-,17+/m0/s1. The van der Waals surface area contributed by atoms with E-state index in [4.69, 9.17) is 9.26 Å². The van der Waals surface area contributed by atoms with E-state index in [2.05, 4.69) is 17.3 Å². The molecule has 1 saturated carbocycles. The summed E-state index contributed by atoms with van der Waals surface area (Å²) in [6.45, 7) is 2.99. The van der Waals surface area contributed by atoms with Gasteiger partial charge in [0.25, 0.3) is 5.91 Å². The van der Waals surface area contributed by atoms with Crippen LogP contribution >= 0.6 is 0 Å². The molecule has 0 spiro atoms. The second-order valence-corrected chi connectivity index (χ2v) is 6.44. The van der Waals surface area contributed by atoms with Crippen molar-refractivity contribution >= 4 is 5.91 Å². The first-order valence-electron chi connectivity index (χ1n) is 8.13. The van der Waals surface area contributed by atoms with Gasteiger partial charge in [-0.05, 0) is 31.2 Å². The van der Waals surface area contributed by atoms with Crippen molar-refractivity contribution in [3.05, 3.63) is 53.4 Å². The van der Waals surface area contributed by atoms with E-state index in [-0.39, 0.29) is 18.1 Å². The van der Waals surface area contributed by atoms with E-state index in [0.717, 1.165) is 5.56 Å². The van der Waals surface area contributed by atoms with Crippen molar-refractivity contribution in [2.24, 2.45) is 5.92 Å². The molecular formula is C18H20N2O3. The van der Waals surface area contributed by atoms with Gasteiger partial charge in [-0.15, -0.1) is 0 Å².